The van der Waals surface area contributed by atoms with Gasteiger partial charge in [0.1, 0.15) is 0 Å². The zero-order valence-electron chi connectivity index (χ0n) is 11.6. The summed E-state index contributed by atoms with van der Waals surface area (Å²) < 4.78 is 27.7. The number of hydrogen-bond acceptors (Lipinski definition) is 3. The molecule has 5 heteroatoms. The van der Waals surface area contributed by atoms with Crippen LogP contribution in [0.3, 0.4) is 0 Å². The Morgan fingerprint density at radius 2 is 1.65 bits per heavy atom. The first kappa shape index (κ1) is 14.6. The molecular weight excluding hydrogens is 272 g/mol. The van der Waals surface area contributed by atoms with Crippen molar-refractivity contribution in [3.8, 4) is 0 Å². The predicted molar refractivity (Wildman–Crippen MR) is 81.2 cm³/mol. The number of anilines is 1. The molecule has 106 valence electrons. The largest absolute Gasteiger partial charge is 0.316 e. The molecule has 0 atom stereocenters. The first-order valence-electron chi connectivity index (χ1n) is 6.35. The minimum atomic E-state index is -3.58. The van der Waals surface area contributed by atoms with E-state index in [1.807, 2.05) is 37.3 Å². The van der Waals surface area contributed by atoms with Crippen LogP contribution in [0.4, 0.5) is 5.69 Å². The standard InChI is InChI=1S/C15H18N2O2S/c1-12-7-3-5-9-14(12)17-20(18,19)15-10-6-4-8-13(15)11-16-2/h3-10,16-17H,11H2,1-2H3. The van der Waals surface area contributed by atoms with E-state index in [0.29, 0.717) is 17.1 Å². The molecule has 0 amide bonds. The minimum Gasteiger partial charge on any atom is -0.316 e. The van der Waals surface area contributed by atoms with Gasteiger partial charge in [-0.1, -0.05) is 36.4 Å². The third-order valence-corrected chi connectivity index (χ3v) is 4.48. The van der Waals surface area contributed by atoms with Crippen molar-refractivity contribution in [1.29, 1.82) is 0 Å². The molecule has 2 aromatic rings. The Hall–Kier alpha value is -1.85. The second-order valence-corrected chi connectivity index (χ2v) is 6.21. The molecule has 0 aliphatic rings. The van der Waals surface area contributed by atoms with E-state index in [4.69, 9.17) is 0 Å². The lowest BCUT2D eigenvalue weighted by atomic mass is 10.2. The summed E-state index contributed by atoms with van der Waals surface area (Å²) >= 11 is 0. The fourth-order valence-corrected chi connectivity index (χ4v) is 3.36. The SMILES string of the molecule is CNCc1ccccc1S(=O)(=O)Nc1ccccc1C. The molecule has 0 saturated carbocycles. The first-order chi connectivity index (χ1) is 9.54. The maximum absolute atomic E-state index is 12.5. The van der Waals surface area contributed by atoms with Crippen LogP contribution in [0.15, 0.2) is 53.4 Å². The van der Waals surface area contributed by atoms with Gasteiger partial charge in [0.15, 0.2) is 0 Å². The van der Waals surface area contributed by atoms with Crippen LogP contribution in [0.25, 0.3) is 0 Å². The molecule has 2 rings (SSSR count). The molecule has 0 spiro atoms. The van der Waals surface area contributed by atoms with Crippen LogP contribution in [-0.2, 0) is 16.6 Å². The molecule has 0 fully saturated rings. The second-order valence-electron chi connectivity index (χ2n) is 4.56. The normalized spacial score (nSPS) is 11.3. The van der Waals surface area contributed by atoms with Gasteiger partial charge >= 0.3 is 0 Å². The van der Waals surface area contributed by atoms with Crippen LogP contribution in [0.5, 0.6) is 0 Å². The van der Waals surface area contributed by atoms with Crippen molar-refractivity contribution in [2.45, 2.75) is 18.4 Å². The van der Waals surface area contributed by atoms with E-state index in [2.05, 4.69) is 10.0 Å². The number of sulfonamides is 1. The van der Waals surface area contributed by atoms with Gasteiger partial charge in [-0.3, -0.25) is 4.72 Å². The molecule has 0 aliphatic heterocycles. The highest BCUT2D eigenvalue weighted by molar-refractivity contribution is 7.92. The monoisotopic (exact) mass is 290 g/mol. The quantitative estimate of drug-likeness (QED) is 0.889. The van der Waals surface area contributed by atoms with E-state index in [9.17, 15) is 8.42 Å². The van der Waals surface area contributed by atoms with Crippen molar-refractivity contribution >= 4 is 15.7 Å². The van der Waals surface area contributed by atoms with E-state index >= 15 is 0 Å². The Labute approximate surface area is 119 Å². The summed E-state index contributed by atoms with van der Waals surface area (Å²) in [4.78, 5) is 0.303. The smallest absolute Gasteiger partial charge is 0.262 e. The maximum Gasteiger partial charge on any atom is 0.262 e. The lowest BCUT2D eigenvalue weighted by Crippen LogP contribution is -2.17. The Morgan fingerprint density at radius 3 is 2.35 bits per heavy atom. The zero-order valence-corrected chi connectivity index (χ0v) is 12.4. The highest BCUT2D eigenvalue weighted by Crippen LogP contribution is 2.21. The maximum atomic E-state index is 12.5. The van der Waals surface area contributed by atoms with E-state index < -0.39 is 10.0 Å². The molecule has 0 radical (unpaired) electrons. The van der Waals surface area contributed by atoms with Gasteiger partial charge < -0.3 is 5.32 Å². The summed E-state index contributed by atoms with van der Waals surface area (Å²) in [5.74, 6) is 0. The van der Waals surface area contributed by atoms with Gasteiger partial charge in [-0.15, -0.1) is 0 Å². The topological polar surface area (TPSA) is 58.2 Å². The van der Waals surface area contributed by atoms with E-state index in [-0.39, 0.29) is 0 Å². The summed E-state index contributed by atoms with van der Waals surface area (Å²) in [5, 5.41) is 2.98. The number of nitrogens with one attached hydrogen (secondary N) is 2. The minimum absolute atomic E-state index is 0.303. The number of aryl methyl sites for hydroxylation is 1. The summed E-state index contributed by atoms with van der Waals surface area (Å²) in [6, 6.07) is 14.3. The van der Waals surface area contributed by atoms with Gasteiger partial charge in [0.25, 0.3) is 10.0 Å². The van der Waals surface area contributed by atoms with Gasteiger partial charge in [-0.25, -0.2) is 8.42 Å². The van der Waals surface area contributed by atoms with Crippen molar-refractivity contribution in [2.75, 3.05) is 11.8 Å². The Balaban J connectivity index is 2.39. The van der Waals surface area contributed by atoms with Gasteiger partial charge in [-0.2, -0.15) is 0 Å². The molecule has 0 unspecified atom stereocenters. The Bertz CT molecular complexity index is 697. The van der Waals surface area contributed by atoms with Crippen molar-refractivity contribution < 1.29 is 8.42 Å². The third kappa shape index (κ3) is 3.18. The predicted octanol–water partition coefficient (Wildman–Crippen LogP) is 2.52. The molecule has 0 bridgehead atoms. The molecule has 0 heterocycles. The molecule has 2 aromatic carbocycles. The van der Waals surface area contributed by atoms with Gasteiger partial charge in [-0.05, 0) is 37.2 Å². The number of para-hydroxylation sites is 1. The fraction of sp³-hybridized carbons (Fsp3) is 0.200. The summed E-state index contributed by atoms with van der Waals surface area (Å²) in [5.41, 5.74) is 2.24. The zero-order chi connectivity index (χ0) is 14.6. The van der Waals surface area contributed by atoms with Crippen LogP contribution >= 0.6 is 0 Å². The average molecular weight is 290 g/mol. The van der Waals surface area contributed by atoms with E-state index in [1.165, 1.54) is 0 Å². The van der Waals surface area contributed by atoms with Gasteiger partial charge in [0.2, 0.25) is 0 Å². The van der Waals surface area contributed by atoms with Crippen molar-refractivity contribution in [3.05, 3.63) is 59.7 Å². The summed E-state index contributed by atoms with van der Waals surface area (Å²) in [6.45, 7) is 2.38. The van der Waals surface area contributed by atoms with Crippen LogP contribution in [0.1, 0.15) is 11.1 Å². The molecule has 0 saturated heterocycles. The number of benzene rings is 2. The molecule has 4 nitrogen and oxygen atoms in total. The molecular formula is C15H18N2O2S. The van der Waals surface area contributed by atoms with Gasteiger partial charge in [0, 0.05) is 6.54 Å². The van der Waals surface area contributed by atoms with Crippen molar-refractivity contribution in [3.63, 3.8) is 0 Å². The Kier molecular flexibility index (Phi) is 4.42. The van der Waals surface area contributed by atoms with E-state index in [0.717, 1.165) is 11.1 Å². The number of rotatable bonds is 5. The molecule has 0 aliphatic carbocycles. The fourth-order valence-electron chi connectivity index (χ4n) is 1.99. The lowest BCUT2D eigenvalue weighted by Gasteiger charge is -2.13. The first-order valence-corrected chi connectivity index (χ1v) is 7.84. The summed E-state index contributed by atoms with van der Waals surface area (Å²) in [7, 11) is -1.79. The highest BCUT2D eigenvalue weighted by atomic mass is 32.2. The molecule has 0 aromatic heterocycles. The van der Waals surface area contributed by atoms with Crippen LogP contribution in [0, 0.1) is 6.92 Å². The van der Waals surface area contributed by atoms with Crippen molar-refractivity contribution in [2.24, 2.45) is 0 Å². The van der Waals surface area contributed by atoms with Gasteiger partial charge in [0.05, 0.1) is 10.6 Å². The summed E-state index contributed by atoms with van der Waals surface area (Å²) in [6.07, 6.45) is 0. The van der Waals surface area contributed by atoms with Crippen LogP contribution < -0.4 is 10.0 Å². The lowest BCUT2D eigenvalue weighted by molar-refractivity contribution is 0.599. The molecule has 2 N–H and O–H groups in total. The molecule has 20 heavy (non-hydrogen) atoms. The van der Waals surface area contributed by atoms with Crippen molar-refractivity contribution in [1.82, 2.24) is 5.32 Å². The number of hydrogen-bond donors (Lipinski definition) is 2. The van der Waals surface area contributed by atoms with E-state index in [1.54, 1.807) is 25.2 Å². The van der Waals surface area contributed by atoms with Crippen LogP contribution in [0.2, 0.25) is 0 Å². The van der Waals surface area contributed by atoms with Crippen LogP contribution in [-0.4, -0.2) is 15.5 Å². The third-order valence-electron chi connectivity index (χ3n) is 3.02. The second kappa shape index (κ2) is 6.07. The average Bonchev–Trinajstić information content (AvgIpc) is 2.42. The Morgan fingerprint density at radius 1 is 1.00 bits per heavy atom. The highest BCUT2D eigenvalue weighted by Gasteiger charge is 2.18.